The molecule has 1 saturated heterocycles. The van der Waals surface area contributed by atoms with Gasteiger partial charge in [0.1, 0.15) is 5.69 Å². The van der Waals surface area contributed by atoms with E-state index in [1.807, 2.05) is 6.92 Å². The zero-order chi connectivity index (χ0) is 18.3. The van der Waals surface area contributed by atoms with Crippen LogP contribution in [-0.4, -0.2) is 39.3 Å². The molecule has 0 radical (unpaired) electrons. The van der Waals surface area contributed by atoms with E-state index < -0.39 is 0 Å². The number of rotatable bonds is 3. The van der Waals surface area contributed by atoms with Crippen LogP contribution >= 0.6 is 0 Å². The fraction of sp³-hybridized carbons (Fsp3) is 0.421. The molecule has 3 N–H and O–H groups in total. The molecule has 1 fully saturated rings. The van der Waals surface area contributed by atoms with Crippen LogP contribution in [0.4, 0.5) is 5.69 Å². The molecule has 1 aliphatic rings. The van der Waals surface area contributed by atoms with Gasteiger partial charge in [0, 0.05) is 19.1 Å². The lowest BCUT2D eigenvalue weighted by Gasteiger charge is -2.21. The molecule has 3 aromatic rings. The number of benzene rings is 1. The SMILES string of the molecule is Cc1cc2nc(-c3[nH]nc(C)c3NC(=O)C3CCOCC3)[nH]c2cc1C. The van der Waals surface area contributed by atoms with Crippen molar-refractivity contribution in [1.82, 2.24) is 20.2 Å². The number of aryl methyl sites for hydroxylation is 3. The van der Waals surface area contributed by atoms with Gasteiger partial charge >= 0.3 is 0 Å². The lowest BCUT2D eigenvalue weighted by atomic mass is 9.99. The van der Waals surface area contributed by atoms with E-state index in [4.69, 9.17) is 4.74 Å². The molecule has 1 aliphatic heterocycles. The Hall–Kier alpha value is -2.67. The van der Waals surface area contributed by atoms with E-state index in [2.05, 4.69) is 51.5 Å². The van der Waals surface area contributed by atoms with Crippen LogP contribution < -0.4 is 5.32 Å². The molecule has 0 unspecified atom stereocenters. The molecular formula is C19H23N5O2. The van der Waals surface area contributed by atoms with Gasteiger partial charge in [-0.05, 0) is 56.9 Å². The van der Waals surface area contributed by atoms with Crippen molar-refractivity contribution in [2.75, 3.05) is 18.5 Å². The summed E-state index contributed by atoms with van der Waals surface area (Å²) in [6.07, 6.45) is 1.50. The fourth-order valence-electron chi connectivity index (χ4n) is 3.33. The highest BCUT2D eigenvalue weighted by atomic mass is 16.5. The van der Waals surface area contributed by atoms with Crippen LogP contribution in [0.3, 0.4) is 0 Å². The third kappa shape index (κ3) is 2.99. The van der Waals surface area contributed by atoms with E-state index in [-0.39, 0.29) is 11.8 Å². The molecule has 7 heteroatoms. The predicted octanol–water partition coefficient (Wildman–Crippen LogP) is 3.24. The van der Waals surface area contributed by atoms with Gasteiger partial charge in [-0.1, -0.05) is 0 Å². The number of nitrogens with zero attached hydrogens (tertiary/aromatic N) is 2. The van der Waals surface area contributed by atoms with Gasteiger partial charge in [0.2, 0.25) is 5.91 Å². The summed E-state index contributed by atoms with van der Waals surface area (Å²) in [5.74, 6) is 0.668. The maximum atomic E-state index is 12.6. The molecule has 7 nitrogen and oxygen atoms in total. The number of carbonyl (C=O) groups is 1. The summed E-state index contributed by atoms with van der Waals surface area (Å²) in [6.45, 7) is 7.30. The molecule has 4 rings (SSSR count). The molecule has 1 amide bonds. The van der Waals surface area contributed by atoms with Crippen LogP contribution in [0.1, 0.15) is 29.7 Å². The first-order chi connectivity index (χ1) is 12.5. The number of fused-ring (bicyclic) bond motifs is 1. The van der Waals surface area contributed by atoms with Crippen LogP contribution in [-0.2, 0) is 9.53 Å². The number of anilines is 1. The minimum atomic E-state index is -0.0214. The van der Waals surface area contributed by atoms with Gasteiger partial charge in [-0.25, -0.2) is 4.98 Å². The Morgan fingerprint density at radius 2 is 1.92 bits per heavy atom. The standard InChI is InChI=1S/C19H23N5O2/c1-10-8-14-15(9-11(10)2)21-18(20-14)17-16(12(3)23-24-17)22-19(25)13-4-6-26-7-5-13/h8-9,13H,4-7H2,1-3H3,(H,20,21)(H,22,25)(H,23,24). The Balaban J connectivity index is 1.66. The number of hydrogen-bond acceptors (Lipinski definition) is 4. The molecular weight excluding hydrogens is 330 g/mol. The van der Waals surface area contributed by atoms with E-state index in [1.54, 1.807) is 0 Å². The number of ether oxygens (including phenoxy) is 1. The maximum absolute atomic E-state index is 12.6. The smallest absolute Gasteiger partial charge is 0.227 e. The van der Waals surface area contributed by atoms with Gasteiger partial charge < -0.3 is 15.0 Å². The summed E-state index contributed by atoms with van der Waals surface area (Å²) >= 11 is 0. The highest BCUT2D eigenvalue weighted by Crippen LogP contribution is 2.30. The van der Waals surface area contributed by atoms with E-state index in [1.165, 1.54) is 11.1 Å². The summed E-state index contributed by atoms with van der Waals surface area (Å²) in [7, 11) is 0. The van der Waals surface area contributed by atoms with Crippen molar-refractivity contribution in [1.29, 1.82) is 0 Å². The Kier molecular flexibility index (Phi) is 4.24. The molecule has 0 bridgehead atoms. The van der Waals surface area contributed by atoms with Gasteiger partial charge in [0.05, 0.1) is 22.4 Å². The van der Waals surface area contributed by atoms with Crippen molar-refractivity contribution in [3.05, 3.63) is 29.0 Å². The number of amides is 1. The highest BCUT2D eigenvalue weighted by Gasteiger charge is 2.24. The Labute approximate surface area is 151 Å². The van der Waals surface area contributed by atoms with Crippen LogP contribution in [0, 0.1) is 26.7 Å². The second kappa shape index (κ2) is 6.57. The Bertz CT molecular complexity index is 927. The van der Waals surface area contributed by atoms with Gasteiger partial charge in [0.15, 0.2) is 5.82 Å². The number of imidazole rings is 1. The number of aromatic nitrogens is 4. The quantitative estimate of drug-likeness (QED) is 0.673. The molecule has 136 valence electrons. The minimum absolute atomic E-state index is 0.0156. The predicted molar refractivity (Wildman–Crippen MR) is 100 cm³/mol. The second-order valence-corrected chi connectivity index (χ2v) is 6.97. The Morgan fingerprint density at radius 1 is 1.19 bits per heavy atom. The monoisotopic (exact) mass is 353 g/mol. The lowest BCUT2D eigenvalue weighted by Crippen LogP contribution is -2.28. The molecule has 1 aromatic carbocycles. The first kappa shape index (κ1) is 16.8. The summed E-state index contributed by atoms with van der Waals surface area (Å²) in [5, 5.41) is 10.3. The Morgan fingerprint density at radius 3 is 2.69 bits per heavy atom. The summed E-state index contributed by atoms with van der Waals surface area (Å²) in [4.78, 5) is 20.6. The molecule has 3 heterocycles. The highest BCUT2D eigenvalue weighted by molar-refractivity contribution is 5.96. The zero-order valence-corrected chi connectivity index (χ0v) is 15.3. The number of aromatic amines is 2. The van der Waals surface area contributed by atoms with Crippen molar-refractivity contribution in [3.8, 4) is 11.5 Å². The third-order valence-corrected chi connectivity index (χ3v) is 5.12. The van der Waals surface area contributed by atoms with Crippen LogP contribution in [0.15, 0.2) is 12.1 Å². The topological polar surface area (TPSA) is 95.7 Å². The summed E-state index contributed by atoms with van der Waals surface area (Å²) < 4.78 is 5.34. The summed E-state index contributed by atoms with van der Waals surface area (Å²) in [6, 6.07) is 4.15. The number of H-pyrrole nitrogens is 2. The van der Waals surface area contributed by atoms with Crippen LogP contribution in [0.2, 0.25) is 0 Å². The van der Waals surface area contributed by atoms with Crippen LogP contribution in [0.25, 0.3) is 22.6 Å². The molecule has 0 spiro atoms. The van der Waals surface area contributed by atoms with Crippen molar-refractivity contribution in [2.24, 2.45) is 5.92 Å². The minimum Gasteiger partial charge on any atom is -0.381 e. The van der Waals surface area contributed by atoms with E-state index in [9.17, 15) is 4.79 Å². The molecule has 0 saturated carbocycles. The van der Waals surface area contributed by atoms with Gasteiger partial charge in [-0.15, -0.1) is 0 Å². The van der Waals surface area contributed by atoms with Gasteiger partial charge in [-0.3, -0.25) is 9.89 Å². The van der Waals surface area contributed by atoms with E-state index in [0.29, 0.717) is 30.4 Å². The normalized spacial score (nSPS) is 15.5. The zero-order valence-electron chi connectivity index (χ0n) is 15.3. The number of carbonyl (C=O) groups excluding carboxylic acids is 1. The van der Waals surface area contributed by atoms with Gasteiger partial charge in [0.25, 0.3) is 0 Å². The third-order valence-electron chi connectivity index (χ3n) is 5.12. The van der Waals surface area contributed by atoms with Crippen molar-refractivity contribution >= 4 is 22.6 Å². The fourth-order valence-corrected chi connectivity index (χ4v) is 3.33. The first-order valence-corrected chi connectivity index (χ1v) is 8.94. The number of nitrogens with one attached hydrogen (secondary N) is 3. The van der Waals surface area contributed by atoms with Crippen LogP contribution in [0.5, 0.6) is 0 Å². The van der Waals surface area contributed by atoms with Crippen molar-refractivity contribution in [3.63, 3.8) is 0 Å². The number of hydrogen-bond donors (Lipinski definition) is 3. The maximum Gasteiger partial charge on any atom is 0.227 e. The average molecular weight is 353 g/mol. The first-order valence-electron chi connectivity index (χ1n) is 8.94. The molecule has 0 aliphatic carbocycles. The lowest BCUT2D eigenvalue weighted by molar-refractivity contribution is -0.122. The molecule has 0 atom stereocenters. The average Bonchev–Trinajstić information content (AvgIpc) is 3.20. The van der Waals surface area contributed by atoms with Crippen molar-refractivity contribution < 1.29 is 9.53 Å². The van der Waals surface area contributed by atoms with E-state index >= 15 is 0 Å². The largest absolute Gasteiger partial charge is 0.381 e. The van der Waals surface area contributed by atoms with E-state index in [0.717, 1.165) is 29.6 Å². The second-order valence-electron chi connectivity index (χ2n) is 6.97. The summed E-state index contributed by atoms with van der Waals surface area (Å²) in [5.41, 5.74) is 6.41. The van der Waals surface area contributed by atoms with Crippen molar-refractivity contribution in [2.45, 2.75) is 33.6 Å². The van der Waals surface area contributed by atoms with Gasteiger partial charge in [-0.2, -0.15) is 5.10 Å². The molecule has 2 aromatic heterocycles. The molecule has 26 heavy (non-hydrogen) atoms.